The van der Waals surface area contributed by atoms with Crippen molar-refractivity contribution >= 4 is 17.6 Å². The molecule has 0 aliphatic carbocycles. The average molecular weight is 281 g/mol. The second-order valence-electron chi connectivity index (χ2n) is 4.86. The zero-order chi connectivity index (χ0) is 14.7. The van der Waals surface area contributed by atoms with Gasteiger partial charge in [0.05, 0.1) is 13.0 Å². The van der Waals surface area contributed by atoms with E-state index in [0.29, 0.717) is 18.7 Å². The molecule has 2 aromatic carbocycles. The van der Waals surface area contributed by atoms with Crippen LogP contribution in [0.5, 0.6) is 0 Å². The maximum absolute atomic E-state index is 12.0. The maximum atomic E-state index is 12.0. The third-order valence-electron chi connectivity index (χ3n) is 3.36. The highest BCUT2D eigenvalue weighted by Crippen LogP contribution is 2.18. The van der Waals surface area contributed by atoms with E-state index in [9.17, 15) is 9.59 Å². The first-order valence-electron chi connectivity index (χ1n) is 6.72. The molecule has 0 spiro atoms. The Kier molecular flexibility index (Phi) is 3.55. The molecule has 0 saturated heterocycles. The van der Waals surface area contributed by atoms with Gasteiger partial charge < -0.3 is 5.32 Å². The minimum Gasteiger partial charge on any atom is -0.307 e. The second-order valence-corrected chi connectivity index (χ2v) is 4.86. The fourth-order valence-electron chi connectivity index (χ4n) is 2.31. The van der Waals surface area contributed by atoms with Crippen molar-refractivity contribution in [3.05, 3.63) is 65.7 Å². The number of hydrogen-bond donors (Lipinski definition) is 2. The summed E-state index contributed by atoms with van der Waals surface area (Å²) in [5, 5.41) is 4.04. The van der Waals surface area contributed by atoms with Crippen molar-refractivity contribution in [1.29, 1.82) is 0 Å². The van der Waals surface area contributed by atoms with Gasteiger partial charge in [-0.15, -0.1) is 0 Å². The van der Waals surface area contributed by atoms with Crippen molar-refractivity contribution in [2.24, 2.45) is 0 Å². The molecule has 5 heteroatoms. The minimum absolute atomic E-state index is 0.114. The lowest BCUT2D eigenvalue weighted by atomic mass is 10.0. The third kappa shape index (κ3) is 3.02. The summed E-state index contributed by atoms with van der Waals surface area (Å²) in [5.74, 6) is -0.114. The first-order chi connectivity index (χ1) is 10.2. The fraction of sp³-hybridized carbons (Fsp3) is 0.125. The van der Waals surface area contributed by atoms with E-state index in [0.717, 1.165) is 11.1 Å². The van der Waals surface area contributed by atoms with Crippen LogP contribution in [0.2, 0.25) is 0 Å². The van der Waals surface area contributed by atoms with Crippen molar-refractivity contribution in [3.63, 3.8) is 0 Å². The first kappa shape index (κ1) is 13.2. The van der Waals surface area contributed by atoms with Gasteiger partial charge in [0, 0.05) is 5.69 Å². The number of carbonyl (C=O) groups excluding carboxylic acids is 2. The van der Waals surface area contributed by atoms with Crippen LogP contribution in [0.25, 0.3) is 0 Å². The number of fused-ring (bicyclic) bond motifs is 1. The molecule has 0 unspecified atom stereocenters. The normalized spacial score (nSPS) is 13.5. The van der Waals surface area contributed by atoms with Crippen LogP contribution in [0.1, 0.15) is 11.1 Å². The molecule has 0 atom stereocenters. The molecule has 0 bridgehead atoms. The van der Waals surface area contributed by atoms with Gasteiger partial charge in [-0.3, -0.25) is 4.79 Å². The Morgan fingerprint density at radius 1 is 0.952 bits per heavy atom. The van der Waals surface area contributed by atoms with Gasteiger partial charge >= 0.3 is 6.03 Å². The monoisotopic (exact) mass is 281 g/mol. The molecule has 2 aromatic rings. The Morgan fingerprint density at radius 3 is 2.38 bits per heavy atom. The summed E-state index contributed by atoms with van der Waals surface area (Å²) < 4.78 is 0. The first-order valence-corrected chi connectivity index (χ1v) is 6.72. The van der Waals surface area contributed by atoms with Gasteiger partial charge in [0.2, 0.25) is 5.91 Å². The van der Waals surface area contributed by atoms with Gasteiger partial charge in [0.25, 0.3) is 0 Å². The molecular formula is C16H15N3O2. The van der Waals surface area contributed by atoms with E-state index < -0.39 is 6.03 Å². The molecule has 1 aliphatic rings. The summed E-state index contributed by atoms with van der Waals surface area (Å²) in [6.07, 6.45) is 0.307. The highest BCUT2D eigenvalue weighted by molar-refractivity contribution is 5.91. The number of hydrogen-bond acceptors (Lipinski definition) is 2. The lowest BCUT2D eigenvalue weighted by molar-refractivity contribution is -0.134. The molecule has 3 rings (SSSR count). The standard InChI is InChI=1S/C16H15N3O2/c20-15-10-12-6-4-5-7-13(12)11-19(15)18-16(21)17-14-8-2-1-3-9-14/h1-9H,10-11H2,(H2,17,18,21). The number of benzene rings is 2. The van der Waals surface area contributed by atoms with E-state index in [-0.39, 0.29) is 5.91 Å². The molecular weight excluding hydrogens is 266 g/mol. The number of carbonyl (C=O) groups is 2. The SMILES string of the molecule is O=C(Nc1ccccc1)NN1Cc2ccccc2CC1=O. The predicted molar refractivity (Wildman–Crippen MR) is 79.3 cm³/mol. The van der Waals surface area contributed by atoms with E-state index in [1.807, 2.05) is 42.5 Å². The van der Waals surface area contributed by atoms with Crippen molar-refractivity contribution in [2.45, 2.75) is 13.0 Å². The van der Waals surface area contributed by atoms with Crippen molar-refractivity contribution in [2.75, 3.05) is 5.32 Å². The second kappa shape index (κ2) is 5.66. The van der Waals surface area contributed by atoms with Gasteiger partial charge in [0.15, 0.2) is 0 Å². The Balaban J connectivity index is 1.65. The quantitative estimate of drug-likeness (QED) is 0.887. The number of urea groups is 1. The number of nitrogens with zero attached hydrogens (tertiary/aromatic N) is 1. The molecule has 0 fully saturated rings. The number of rotatable bonds is 2. The number of anilines is 1. The third-order valence-corrected chi connectivity index (χ3v) is 3.36. The molecule has 5 nitrogen and oxygen atoms in total. The molecule has 1 aliphatic heterocycles. The van der Waals surface area contributed by atoms with E-state index in [2.05, 4.69) is 10.7 Å². The predicted octanol–water partition coefficient (Wildman–Crippen LogP) is 2.31. The summed E-state index contributed by atoms with van der Waals surface area (Å²) in [4.78, 5) is 24.0. The van der Waals surface area contributed by atoms with Gasteiger partial charge in [-0.05, 0) is 23.3 Å². The smallest absolute Gasteiger partial charge is 0.307 e. The Morgan fingerprint density at radius 2 is 1.62 bits per heavy atom. The van der Waals surface area contributed by atoms with Crippen LogP contribution in [0, 0.1) is 0 Å². The van der Waals surface area contributed by atoms with Crippen LogP contribution < -0.4 is 10.7 Å². The molecule has 0 radical (unpaired) electrons. The van der Waals surface area contributed by atoms with Crippen molar-refractivity contribution in [1.82, 2.24) is 10.4 Å². The topological polar surface area (TPSA) is 61.4 Å². The van der Waals surface area contributed by atoms with Crippen LogP contribution in [0.15, 0.2) is 54.6 Å². The van der Waals surface area contributed by atoms with Crippen LogP contribution in [-0.2, 0) is 17.8 Å². The average Bonchev–Trinajstić information content (AvgIpc) is 2.49. The molecule has 0 saturated carbocycles. The number of hydrazine groups is 1. The summed E-state index contributed by atoms with van der Waals surface area (Å²) in [6, 6.07) is 16.4. The summed E-state index contributed by atoms with van der Waals surface area (Å²) in [7, 11) is 0. The Bertz CT molecular complexity index is 670. The Hall–Kier alpha value is -2.82. The van der Waals surface area contributed by atoms with Gasteiger partial charge in [-0.1, -0.05) is 42.5 Å². The zero-order valence-electron chi connectivity index (χ0n) is 11.4. The number of nitrogens with one attached hydrogen (secondary N) is 2. The molecule has 2 N–H and O–H groups in total. The lowest BCUT2D eigenvalue weighted by Gasteiger charge is -2.28. The highest BCUT2D eigenvalue weighted by atomic mass is 16.2. The van der Waals surface area contributed by atoms with Crippen LogP contribution in [0.4, 0.5) is 10.5 Å². The summed E-state index contributed by atoms with van der Waals surface area (Å²) in [6.45, 7) is 0.386. The number of para-hydroxylation sites is 1. The van der Waals surface area contributed by atoms with Crippen molar-refractivity contribution < 1.29 is 9.59 Å². The van der Waals surface area contributed by atoms with E-state index in [4.69, 9.17) is 0 Å². The zero-order valence-corrected chi connectivity index (χ0v) is 11.4. The lowest BCUT2D eigenvalue weighted by Crippen LogP contribution is -2.49. The van der Waals surface area contributed by atoms with E-state index in [1.54, 1.807) is 12.1 Å². The van der Waals surface area contributed by atoms with Crippen LogP contribution in [0.3, 0.4) is 0 Å². The highest BCUT2D eigenvalue weighted by Gasteiger charge is 2.23. The molecule has 0 aromatic heterocycles. The molecule has 21 heavy (non-hydrogen) atoms. The summed E-state index contributed by atoms with van der Waals surface area (Å²) >= 11 is 0. The Labute approximate surface area is 122 Å². The van der Waals surface area contributed by atoms with Gasteiger partial charge in [-0.2, -0.15) is 0 Å². The summed E-state index contributed by atoms with van der Waals surface area (Å²) in [5.41, 5.74) is 5.34. The van der Waals surface area contributed by atoms with E-state index in [1.165, 1.54) is 5.01 Å². The van der Waals surface area contributed by atoms with Crippen LogP contribution >= 0.6 is 0 Å². The van der Waals surface area contributed by atoms with Gasteiger partial charge in [-0.25, -0.2) is 15.2 Å². The molecule has 106 valence electrons. The maximum Gasteiger partial charge on any atom is 0.338 e. The molecule has 1 heterocycles. The largest absolute Gasteiger partial charge is 0.338 e. The van der Waals surface area contributed by atoms with Crippen LogP contribution in [-0.4, -0.2) is 16.9 Å². The van der Waals surface area contributed by atoms with Crippen molar-refractivity contribution in [3.8, 4) is 0 Å². The van der Waals surface area contributed by atoms with Gasteiger partial charge in [0.1, 0.15) is 0 Å². The molecule has 3 amide bonds. The minimum atomic E-state index is -0.422. The number of amides is 3. The van der Waals surface area contributed by atoms with E-state index >= 15 is 0 Å². The fourth-order valence-corrected chi connectivity index (χ4v) is 2.31.